The Bertz CT molecular complexity index is 357. The van der Waals surface area contributed by atoms with Crippen molar-refractivity contribution in [1.29, 1.82) is 0 Å². The minimum Gasteiger partial charge on any atom is -0.481 e. The summed E-state index contributed by atoms with van der Waals surface area (Å²) in [5.74, 6) is -0.579. The van der Waals surface area contributed by atoms with Gasteiger partial charge in [-0.2, -0.15) is 0 Å². The maximum Gasteiger partial charge on any atom is 0.317 e. The molecular formula is C15H28N2O4. The maximum absolute atomic E-state index is 12.1. The zero-order valence-electron chi connectivity index (χ0n) is 13.3. The topological polar surface area (TPSA) is 89.9 Å². The lowest BCUT2D eigenvalue weighted by Crippen LogP contribution is -2.47. The summed E-state index contributed by atoms with van der Waals surface area (Å²) in [6.07, 6.45) is 3.07. The molecule has 1 aliphatic carbocycles. The Labute approximate surface area is 126 Å². The molecule has 0 radical (unpaired) electrons. The van der Waals surface area contributed by atoms with Crippen LogP contribution in [0.25, 0.3) is 0 Å². The summed E-state index contributed by atoms with van der Waals surface area (Å²) in [7, 11) is 0. The van der Waals surface area contributed by atoms with Crippen LogP contribution >= 0.6 is 0 Å². The Morgan fingerprint density at radius 2 is 1.81 bits per heavy atom. The monoisotopic (exact) mass is 300 g/mol. The number of likely N-dealkylation sites (N-methyl/N-ethyl adjacent to an activating group) is 1. The summed E-state index contributed by atoms with van der Waals surface area (Å²) in [5.41, 5.74) is -0.910. The number of carbonyl (C=O) groups excluding carboxylic acids is 1. The molecule has 6 nitrogen and oxygen atoms in total. The Morgan fingerprint density at radius 3 is 2.24 bits per heavy atom. The standard InChI is InChI=1S/C15H28N2O4/c1-4-17(10-15(2,3)21)14(20)16-9-11-5-7-12(8-6-11)13(18)19/h11-12,21H,4-10H2,1-3H3,(H,16,20)(H,18,19). The van der Waals surface area contributed by atoms with Gasteiger partial charge < -0.3 is 20.4 Å². The van der Waals surface area contributed by atoms with Crippen LogP contribution in [0.5, 0.6) is 0 Å². The molecule has 0 aliphatic heterocycles. The lowest BCUT2D eigenvalue weighted by atomic mass is 9.82. The van der Waals surface area contributed by atoms with Gasteiger partial charge in [0.05, 0.1) is 18.1 Å². The van der Waals surface area contributed by atoms with Gasteiger partial charge in [0, 0.05) is 13.1 Å². The summed E-state index contributed by atoms with van der Waals surface area (Å²) in [5, 5.41) is 21.6. The molecule has 2 amide bonds. The van der Waals surface area contributed by atoms with Crippen molar-refractivity contribution in [1.82, 2.24) is 10.2 Å². The van der Waals surface area contributed by atoms with E-state index in [9.17, 15) is 14.7 Å². The van der Waals surface area contributed by atoms with Crippen LogP contribution in [0.4, 0.5) is 4.79 Å². The highest BCUT2D eigenvalue weighted by atomic mass is 16.4. The van der Waals surface area contributed by atoms with Crippen molar-refractivity contribution in [2.45, 2.75) is 52.1 Å². The van der Waals surface area contributed by atoms with Crippen molar-refractivity contribution in [2.75, 3.05) is 19.6 Å². The predicted molar refractivity (Wildman–Crippen MR) is 80.0 cm³/mol. The van der Waals surface area contributed by atoms with Crippen LogP contribution < -0.4 is 5.32 Å². The normalized spacial score (nSPS) is 22.7. The molecule has 0 aromatic carbocycles. The molecule has 0 atom stereocenters. The van der Waals surface area contributed by atoms with Gasteiger partial charge in [-0.25, -0.2) is 4.79 Å². The van der Waals surface area contributed by atoms with Gasteiger partial charge in [-0.3, -0.25) is 4.79 Å². The number of carbonyl (C=O) groups is 2. The molecule has 0 bridgehead atoms. The Morgan fingerprint density at radius 1 is 1.24 bits per heavy atom. The fourth-order valence-corrected chi connectivity index (χ4v) is 2.75. The molecule has 0 spiro atoms. The van der Waals surface area contributed by atoms with Gasteiger partial charge >= 0.3 is 12.0 Å². The van der Waals surface area contributed by atoms with Gasteiger partial charge in [-0.1, -0.05) is 0 Å². The molecule has 1 saturated carbocycles. The highest BCUT2D eigenvalue weighted by Crippen LogP contribution is 2.28. The van der Waals surface area contributed by atoms with E-state index in [0.717, 1.165) is 12.8 Å². The van der Waals surface area contributed by atoms with E-state index >= 15 is 0 Å². The first-order valence-corrected chi connectivity index (χ1v) is 7.71. The molecule has 21 heavy (non-hydrogen) atoms. The lowest BCUT2D eigenvalue weighted by Gasteiger charge is -2.30. The quantitative estimate of drug-likeness (QED) is 0.696. The maximum atomic E-state index is 12.1. The molecule has 1 fully saturated rings. The third-order valence-corrected chi connectivity index (χ3v) is 3.98. The molecule has 1 rings (SSSR count). The van der Waals surface area contributed by atoms with Crippen LogP contribution in [0.2, 0.25) is 0 Å². The number of aliphatic hydroxyl groups is 1. The molecule has 0 aromatic heterocycles. The van der Waals surface area contributed by atoms with Crippen LogP contribution in [0.1, 0.15) is 46.5 Å². The van der Waals surface area contributed by atoms with Crippen LogP contribution in [0.3, 0.4) is 0 Å². The summed E-state index contributed by atoms with van der Waals surface area (Å²) in [6, 6.07) is -0.167. The summed E-state index contributed by atoms with van der Waals surface area (Å²) < 4.78 is 0. The van der Waals surface area contributed by atoms with Crippen molar-refractivity contribution in [3.8, 4) is 0 Å². The number of carboxylic acids is 1. The van der Waals surface area contributed by atoms with Crippen molar-refractivity contribution < 1.29 is 19.8 Å². The number of hydrogen-bond acceptors (Lipinski definition) is 3. The number of aliphatic carboxylic acids is 1. The van der Waals surface area contributed by atoms with Crippen molar-refractivity contribution in [3.05, 3.63) is 0 Å². The number of hydrogen-bond donors (Lipinski definition) is 3. The fraction of sp³-hybridized carbons (Fsp3) is 0.867. The first-order chi connectivity index (χ1) is 9.73. The number of rotatable bonds is 6. The van der Waals surface area contributed by atoms with E-state index in [-0.39, 0.29) is 11.9 Å². The molecule has 122 valence electrons. The minimum absolute atomic E-state index is 0.167. The predicted octanol–water partition coefficient (Wildman–Crippen LogP) is 1.68. The van der Waals surface area contributed by atoms with Gasteiger partial charge in [0.2, 0.25) is 0 Å². The number of urea groups is 1. The fourth-order valence-electron chi connectivity index (χ4n) is 2.75. The van der Waals surface area contributed by atoms with Gasteiger partial charge in [0.25, 0.3) is 0 Å². The molecule has 0 aromatic rings. The molecular weight excluding hydrogens is 272 g/mol. The first-order valence-electron chi connectivity index (χ1n) is 7.71. The SMILES string of the molecule is CCN(CC(C)(C)O)C(=O)NCC1CCC(C(=O)O)CC1. The molecule has 0 saturated heterocycles. The van der Waals surface area contributed by atoms with Crippen LogP contribution in [0.15, 0.2) is 0 Å². The van der Waals surface area contributed by atoms with Gasteiger partial charge in [0.15, 0.2) is 0 Å². The Hall–Kier alpha value is -1.30. The second-order valence-corrected chi connectivity index (χ2v) is 6.57. The largest absolute Gasteiger partial charge is 0.481 e. The van der Waals surface area contributed by atoms with E-state index in [1.807, 2.05) is 6.92 Å². The molecule has 0 unspecified atom stereocenters. The van der Waals surface area contributed by atoms with Crippen molar-refractivity contribution in [3.63, 3.8) is 0 Å². The lowest BCUT2D eigenvalue weighted by molar-refractivity contribution is -0.143. The average Bonchev–Trinajstić information content (AvgIpc) is 2.41. The van der Waals surface area contributed by atoms with E-state index < -0.39 is 11.6 Å². The van der Waals surface area contributed by atoms with E-state index in [0.29, 0.717) is 38.4 Å². The molecule has 6 heteroatoms. The molecule has 0 heterocycles. The van der Waals surface area contributed by atoms with Gasteiger partial charge in [-0.15, -0.1) is 0 Å². The van der Waals surface area contributed by atoms with E-state index in [2.05, 4.69) is 5.32 Å². The smallest absolute Gasteiger partial charge is 0.317 e. The van der Waals surface area contributed by atoms with Gasteiger partial charge in [-0.05, 0) is 52.4 Å². The highest BCUT2D eigenvalue weighted by molar-refractivity contribution is 5.74. The summed E-state index contributed by atoms with van der Waals surface area (Å²) in [6.45, 7) is 6.64. The zero-order valence-corrected chi connectivity index (χ0v) is 13.3. The molecule has 3 N–H and O–H groups in total. The third-order valence-electron chi connectivity index (χ3n) is 3.98. The van der Waals surface area contributed by atoms with Crippen molar-refractivity contribution >= 4 is 12.0 Å². The highest BCUT2D eigenvalue weighted by Gasteiger charge is 2.27. The molecule has 1 aliphatic rings. The summed E-state index contributed by atoms with van der Waals surface area (Å²) in [4.78, 5) is 24.6. The first kappa shape index (κ1) is 17.8. The second-order valence-electron chi connectivity index (χ2n) is 6.57. The minimum atomic E-state index is -0.910. The van der Waals surface area contributed by atoms with Crippen molar-refractivity contribution in [2.24, 2.45) is 11.8 Å². The summed E-state index contributed by atoms with van der Waals surface area (Å²) >= 11 is 0. The second kappa shape index (κ2) is 7.64. The van der Waals surface area contributed by atoms with E-state index in [1.165, 1.54) is 0 Å². The number of nitrogens with zero attached hydrogens (tertiary/aromatic N) is 1. The average molecular weight is 300 g/mol. The Balaban J connectivity index is 2.34. The van der Waals surface area contributed by atoms with Crippen LogP contribution in [-0.2, 0) is 4.79 Å². The third kappa shape index (κ3) is 6.33. The van der Waals surface area contributed by atoms with E-state index in [1.54, 1.807) is 18.7 Å². The van der Waals surface area contributed by atoms with Crippen LogP contribution in [0, 0.1) is 11.8 Å². The zero-order chi connectivity index (χ0) is 16.0. The number of amides is 2. The van der Waals surface area contributed by atoms with Gasteiger partial charge in [0.1, 0.15) is 0 Å². The number of carboxylic acid groups (broad SMARTS) is 1. The van der Waals surface area contributed by atoms with Crippen LogP contribution in [-0.4, -0.2) is 52.3 Å². The number of nitrogens with one attached hydrogen (secondary N) is 1. The van der Waals surface area contributed by atoms with E-state index in [4.69, 9.17) is 5.11 Å². The Kier molecular flexibility index (Phi) is 6.45.